The average Bonchev–Trinajstić information content (AvgIpc) is 2.75. The first-order chi connectivity index (χ1) is 8.66. The molecule has 1 aliphatic rings. The maximum Gasteiger partial charge on any atom is 0.203 e. The topological polar surface area (TPSA) is 46.3 Å². The van der Waals surface area contributed by atoms with E-state index in [1.165, 1.54) is 6.42 Å². The molecule has 2 atom stereocenters. The Morgan fingerprint density at radius 3 is 3.00 bits per heavy atom. The zero-order valence-corrected chi connectivity index (χ0v) is 12.1. The maximum atomic E-state index is 4.49. The monoisotopic (exact) mass is 309 g/mol. The molecule has 3 heterocycles. The van der Waals surface area contributed by atoms with Gasteiger partial charge in [-0.3, -0.25) is 4.40 Å². The number of piperidine rings is 1. The van der Waals surface area contributed by atoms with Gasteiger partial charge in [0.2, 0.25) is 5.65 Å². The third-order valence-corrected chi connectivity index (χ3v) is 4.84. The molecular weight excluding hydrogens is 294 g/mol. The molecule has 0 saturated carbocycles. The number of rotatable bonds is 1. The molecule has 1 fully saturated rings. The van der Waals surface area contributed by atoms with Crippen LogP contribution in [-0.2, 0) is 0 Å². The molecule has 1 saturated heterocycles. The van der Waals surface area contributed by atoms with Crippen molar-refractivity contribution in [1.29, 1.82) is 0 Å². The first-order valence-electron chi connectivity index (χ1n) is 6.22. The van der Waals surface area contributed by atoms with Crippen LogP contribution in [0.4, 0.5) is 5.82 Å². The lowest BCUT2D eigenvalue weighted by Gasteiger charge is -2.34. The summed E-state index contributed by atoms with van der Waals surface area (Å²) in [6.45, 7) is 6.24. The number of hydrogen-bond acceptors (Lipinski definition) is 4. The number of halogens is 1. The molecule has 0 bridgehead atoms. The van der Waals surface area contributed by atoms with Gasteiger partial charge in [0, 0.05) is 30.3 Å². The zero-order valence-electron chi connectivity index (χ0n) is 10.5. The van der Waals surface area contributed by atoms with Gasteiger partial charge in [-0.25, -0.2) is 4.98 Å². The van der Waals surface area contributed by atoms with Gasteiger partial charge in [-0.2, -0.15) is 0 Å². The summed E-state index contributed by atoms with van der Waals surface area (Å²) in [5.41, 5.74) is 0.851. The minimum atomic E-state index is 0.511. The van der Waals surface area contributed by atoms with Gasteiger partial charge >= 0.3 is 0 Å². The molecule has 0 N–H and O–H groups in total. The Balaban J connectivity index is 1.99. The van der Waals surface area contributed by atoms with Crippen molar-refractivity contribution in [3.05, 3.63) is 18.2 Å². The van der Waals surface area contributed by atoms with Crippen LogP contribution >= 0.6 is 15.9 Å². The summed E-state index contributed by atoms with van der Waals surface area (Å²) in [6, 6.07) is 0. The standard InChI is InChI=1S/C12H16BrN5/c1-8-3-5-17(7-10(8)13)11-12-16-15-9(2)18(12)6-4-14-11/h4,6,8,10H,3,5,7H2,1-2H3. The molecule has 3 rings (SSSR count). The molecule has 96 valence electrons. The number of nitrogens with zero attached hydrogens (tertiary/aromatic N) is 5. The second-order valence-corrected chi connectivity index (χ2v) is 6.10. The Morgan fingerprint density at radius 2 is 2.22 bits per heavy atom. The van der Waals surface area contributed by atoms with E-state index in [2.05, 4.69) is 42.9 Å². The number of anilines is 1. The summed E-state index contributed by atoms with van der Waals surface area (Å²) in [5, 5.41) is 8.35. The van der Waals surface area contributed by atoms with E-state index >= 15 is 0 Å². The largest absolute Gasteiger partial charge is 0.352 e. The number of fused-ring (bicyclic) bond motifs is 1. The molecule has 1 aliphatic heterocycles. The fourth-order valence-corrected chi connectivity index (χ4v) is 2.98. The van der Waals surface area contributed by atoms with Crippen LogP contribution in [-0.4, -0.2) is 37.5 Å². The summed E-state index contributed by atoms with van der Waals surface area (Å²) in [7, 11) is 0. The molecule has 18 heavy (non-hydrogen) atoms. The minimum Gasteiger partial charge on any atom is -0.352 e. The Morgan fingerprint density at radius 1 is 1.39 bits per heavy atom. The second kappa shape index (κ2) is 4.50. The molecule has 0 amide bonds. The van der Waals surface area contributed by atoms with Gasteiger partial charge in [0.05, 0.1) is 0 Å². The molecular formula is C12H16BrN5. The van der Waals surface area contributed by atoms with E-state index in [-0.39, 0.29) is 0 Å². The van der Waals surface area contributed by atoms with E-state index in [4.69, 9.17) is 0 Å². The summed E-state index contributed by atoms with van der Waals surface area (Å²) in [6.07, 6.45) is 4.90. The number of hydrogen-bond donors (Lipinski definition) is 0. The van der Waals surface area contributed by atoms with Crippen molar-refractivity contribution in [3.8, 4) is 0 Å². The van der Waals surface area contributed by atoms with E-state index in [0.29, 0.717) is 10.7 Å². The molecule has 2 unspecified atom stereocenters. The Kier molecular flexibility index (Phi) is 2.97. The van der Waals surface area contributed by atoms with Gasteiger partial charge in [0.15, 0.2) is 5.82 Å². The number of alkyl halides is 1. The molecule has 0 spiro atoms. The van der Waals surface area contributed by atoms with Gasteiger partial charge in [-0.1, -0.05) is 22.9 Å². The molecule has 0 aliphatic carbocycles. The molecule has 6 heteroatoms. The van der Waals surface area contributed by atoms with E-state index in [0.717, 1.165) is 30.4 Å². The maximum absolute atomic E-state index is 4.49. The van der Waals surface area contributed by atoms with E-state index in [1.54, 1.807) is 0 Å². The molecule has 0 radical (unpaired) electrons. The third kappa shape index (κ3) is 1.88. The summed E-state index contributed by atoms with van der Waals surface area (Å²) in [5.74, 6) is 2.55. The lowest BCUT2D eigenvalue weighted by atomic mass is 9.99. The first kappa shape index (κ1) is 11.9. The lowest BCUT2D eigenvalue weighted by molar-refractivity contribution is 0.454. The summed E-state index contributed by atoms with van der Waals surface area (Å²) in [4.78, 5) is 7.29. The van der Waals surface area contributed by atoms with Crippen LogP contribution in [0.3, 0.4) is 0 Å². The third-order valence-electron chi connectivity index (χ3n) is 3.64. The highest BCUT2D eigenvalue weighted by Gasteiger charge is 2.26. The van der Waals surface area contributed by atoms with Crippen LogP contribution in [0.5, 0.6) is 0 Å². The SMILES string of the molecule is Cc1nnc2c(N3CCC(C)C(Br)C3)nccn12. The predicted molar refractivity (Wildman–Crippen MR) is 74.2 cm³/mol. The molecule has 5 nitrogen and oxygen atoms in total. The minimum absolute atomic E-state index is 0.511. The normalized spacial score (nSPS) is 24.7. The van der Waals surface area contributed by atoms with E-state index in [1.807, 2.05) is 23.7 Å². The Bertz CT molecular complexity index is 567. The second-order valence-electron chi connectivity index (χ2n) is 4.92. The van der Waals surface area contributed by atoms with Gasteiger partial charge < -0.3 is 4.90 Å². The van der Waals surface area contributed by atoms with Crippen molar-refractivity contribution in [1.82, 2.24) is 19.6 Å². The zero-order chi connectivity index (χ0) is 12.7. The fourth-order valence-electron chi connectivity index (χ4n) is 2.37. The van der Waals surface area contributed by atoms with Crippen LogP contribution in [0, 0.1) is 12.8 Å². The predicted octanol–water partition coefficient (Wildman–Crippen LogP) is 2.04. The summed E-state index contributed by atoms with van der Waals surface area (Å²) < 4.78 is 1.99. The van der Waals surface area contributed by atoms with Crippen molar-refractivity contribution >= 4 is 27.4 Å². The lowest BCUT2D eigenvalue weighted by Crippen LogP contribution is -2.40. The van der Waals surface area contributed by atoms with Crippen LogP contribution in [0.25, 0.3) is 5.65 Å². The molecule has 0 aromatic carbocycles. The highest BCUT2D eigenvalue weighted by Crippen LogP contribution is 2.27. The van der Waals surface area contributed by atoms with Crippen molar-refractivity contribution in [3.63, 3.8) is 0 Å². The van der Waals surface area contributed by atoms with E-state index in [9.17, 15) is 0 Å². The average molecular weight is 310 g/mol. The Labute approximate surface area is 114 Å². The van der Waals surface area contributed by atoms with Crippen LogP contribution in [0.2, 0.25) is 0 Å². The van der Waals surface area contributed by atoms with Gasteiger partial charge in [-0.05, 0) is 19.3 Å². The highest BCUT2D eigenvalue weighted by atomic mass is 79.9. The highest BCUT2D eigenvalue weighted by molar-refractivity contribution is 9.09. The van der Waals surface area contributed by atoms with Crippen LogP contribution < -0.4 is 4.90 Å². The first-order valence-corrected chi connectivity index (χ1v) is 7.13. The van der Waals surface area contributed by atoms with Crippen LogP contribution in [0.15, 0.2) is 12.4 Å². The van der Waals surface area contributed by atoms with Crippen molar-refractivity contribution in [2.24, 2.45) is 5.92 Å². The summed E-state index contributed by atoms with van der Waals surface area (Å²) >= 11 is 3.75. The van der Waals surface area contributed by atoms with Gasteiger partial charge in [0.1, 0.15) is 5.82 Å². The quantitative estimate of drug-likeness (QED) is 0.756. The van der Waals surface area contributed by atoms with Crippen molar-refractivity contribution < 1.29 is 0 Å². The van der Waals surface area contributed by atoms with E-state index < -0.39 is 0 Å². The molecule has 2 aromatic heterocycles. The van der Waals surface area contributed by atoms with Gasteiger partial charge in [-0.15, -0.1) is 10.2 Å². The Hall–Kier alpha value is -1.17. The van der Waals surface area contributed by atoms with Crippen molar-refractivity contribution in [2.45, 2.75) is 25.1 Å². The number of aryl methyl sites for hydroxylation is 1. The molecule has 2 aromatic rings. The fraction of sp³-hybridized carbons (Fsp3) is 0.583. The number of aromatic nitrogens is 4. The van der Waals surface area contributed by atoms with Gasteiger partial charge in [0.25, 0.3) is 0 Å². The smallest absolute Gasteiger partial charge is 0.203 e. The van der Waals surface area contributed by atoms with Crippen molar-refractivity contribution in [2.75, 3.05) is 18.0 Å². The van der Waals surface area contributed by atoms with Crippen LogP contribution in [0.1, 0.15) is 19.2 Å².